The summed E-state index contributed by atoms with van der Waals surface area (Å²) in [5.41, 5.74) is 1.61. The van der Waals surface area contributed by atoms with Crippen molar-refractivity contribution in [3.8, 4) is 11.5 Å². The number of hydrogen-bond acceptors (Lipinski definition) is 3. The predicted molar refractivity (Wildman–Crippen MR) is 73.5 cm³/mol. The number of carbonyl (C=O) groups excluding carboxylic acids is 1. The number of amides is 1. The minimum Gasteiger partial charge on any atom is -0.507 e. The lowest BCUT2D eigenvalue weighted by atomic mass is 10.1. The van der Waals surface area contributed by atoms with E-state index in [9.17, 15) is 15.0 Å². The van der Waals surface area contributed by atoms with Crippen molar-refractivity contribution in [3.63, 3.8) is 0 Å². The number of anilines is 1. The molecule has 0 heterocycles. The number of hydrogen-bond donors (Lipinski definition) is 3. The van der Waals surface area contributed by atoms with Crippen LogP contribution < -0.4 is 5.32 Å². The van der Waals surface area contributed by atoms with Gasteiger partial charge in [-0.15, -0.1) is 0 Å². The summed E-state index contributed by atoms with van der Waals surface area (Å²) in [4.78, 5) is 12.0. The van der Waals surface area contributed by atoms with E-state index in [2.05, 4.69) is 5.32 Å². The van der Waals surface area contributed by atoms with Crippen LogP contribution in [0, 0.1) is 0 Å². The van der Waals surface area contributed by atoms with Gasteiger partial charge in [0.05, 0.1) is 0 Å². The van der Waals surface area contributed by atoms with Crippen molar-refractivity contribution in [1.29, 1.82) is 0 Å². The van der Waals surface area contributed by atoms with Crippen LogP contribution in [0.5, 0.6) is 11.5 Å². The van der Waals surface area contributed by atoms with Crippen molar-refractivity contribution in [2.45, 2.75) is 13.3 Å². The van der Waals surface area contributed by atoms with Gasteiger partial charge >= 0.3 is 0 Å². The van der Waals surface area contributed by atoms with Crippen molar-refractivity contribution < 1.29 is 15.0 Å². The second-order valence-electron chi connectivity index (χ2n) is 4.18. The molecule has 0 atom stereocenters. The van der Waals surface area contributed by atoms with Crippen LogP contribution in [-0.2, 0) is 6.42 Å². The average Bonchev–Trinajstić information content (AvgIpc) is 2.38. The molecule has 0 aromatic heterocycles. The first kappa shape index (κ1) is 13.0. The first-order valence-electron chi connectivity index (χ1n) is 6.03. The predicted octanol–water partition coefficient (Wildman–Crippen LogP) is 2.91. The fourth-order valence-electron chi connectivity index (χ4n) is 1.82. The third kappa shape index (κ3) is 2.85. The second-order valence-corrected chi connectivity index (χ2v) is 4.18. The highest BCUT2D eigenvalue weighted by molar-refractivity contribution is 6.08. The third-order valence-electron chi connectivity index (χ3n) is 2.84. The number of aromatic hydroxyl groups is 2. The van der Waals surface area contributed by atoms with E-state index in [1.807, 2.05) is 25.1 Å². The van der Waals surface area contributed by atoms with E-state index >= 15 is 0 Å². The van der Waals surface area contributed by atoms with Crippen LogP contribution in [-0.4, -0.2) is 16.1 Å². The summed E-state index contributed by atoms with van der Waals surface area (Å²) in [5, 5.41) is 21.9. The zero-order valence-electron chi connectivity index (χ0n) is 10.6. The molecule has 4 nitrogen and oxygen atoms in total. The maximum absolute atomic E-state index is 12.0. The highest BCUT2D eigenvalue weighted by Gasteiger charge is 2.15. The summed E-state index contributed by atoms with van der Waals surface area (Å²) in [5.74, 6) is -1.03. The molecule has 0 saturated carbocycles. The Kier molecular flexibility index (Phi) is 3.71. The molecule has 0 saturated heterocycles. The molecule has 98 valence electrons. The van der Waals surface area contributed by atoms with E-state index in [4.69, 9.17) is 0 Å². The number of benzene rings is 2. The van der Waals surface area contributed by atoms with Gasteiger partial charge in [0, 0.05) is 5.69 Å². The van der Waals surface area contributed by atoms with Gasteiger partial charge in [0.15, 0.2) is 0 Å². The van der Waals surface area contributed by atoms with Gasteiger partial charge in [-0.2, -0.15) is 0 Å². The Hall–Kier alpha value is -2.49. The number of nitrogens with one attached hydrogen (secondary N) is 1. The van der Waals surface area contributed by atoms with Crippen LogP contribution >= 0.6 is 0 Å². The van der Waals surface area contributed by atoms with Gasteiger partial charge in [-0.1, -0.05) is 25.1 Å². The van der Waals surface area contributed by atoms with Gasteiger partial charge in [-0.05, 0) is 36.2 Å². The van der Waals surface area contributed by atoms with Gasteiger partial charge < -0.3 is 15.5 Å². The minimum atomic E-state index is -0.538. The van der Waals surface area contributed by atoms with Gasteiger partial charge in [-0.25, -0.2) is 0 Å². The molecule has 0 fully saturated rings. The first-order chi connectivity index (χ1) is 9.11. The monoisotopic (exact) mass is 257 g/mol. The summed E-state index contributed by atoms with van der Waals surface area (Å²) in [6.45, 7) is 2.02. The Morgan fingerprint density at radius 2 is 1.74 bits per heavy atom. The van der Waals surface area contributed by atoms with Crippen LogP contribution in [0.3, 0.4) is 0 Å². The average molecular weight is 257 g/mol. The number of rotatable bonds is 3. The Balaban J connectivity index is 2.26. The molecule has 2 rings (SSSR count). The Morgan fingerprint density at radius 1 is 1.11 bits per heavy atom. The molecule has 2 aromatic carbocycles. The molecule has 0 bridgehead atoms. The summed E-state index contributed by atoms with van der Waals surface area (Å²) >= 11 is 0. The molecule has 0 unspecified atom stereocenters. The van der Waals surface area contributed by atoms with Gasteiger partial charge in [0.25, 0.3) is 5.91 Å². The zero-order valence-corrected chi connectivity index (χ0v) is 10.6. The molecule has 0 aliphatic rings. The maximum Gasteiger partial charge on any atom is 0.263 e. The van der Waals surface area contributed by atoms with Crippen LogP contribution in [0.2, 0.25) is 0 Å². The summed E-state index contributed by atoms with van der Waals surface area (Å²) in [7, 11) is 0. The summed E-state index contributed by atoms with van der Waals surface area (Å²) in [6, 6.07) is 11.6. The van der Waals surface area contributed by atoms with Crippen LogP contribution in [0.1, 0.15) is 22.8 Å². The normalized spacial score (nSPS) is 10.2. The van der Waals surface area contributed by atoms with Crippen LogP contribution in [0.4, 0.5) is 5.69 Å². The molecule has 0 spiro atoms. The van der Waals surface area contributed by atoms with E-state index in [0.29, 0.717) is 5.69 Å². The molecule has 2 aromatic rings. The molecular weight excluding hydrogens is 242 g/mol. The molecule has 4 heteroatoms. The molecule has 19 heavy (non-hydrogen) atoms. The van der Waals surface area contributed by atoms with E-state index in [0.717, 1.165) is 12.0 Å². The second kappa shape index (κ2) is 5.44. The summed E-state index contributed by atoms with van der Waals surface area (Å²) in [6.07, 6.45) is 0.867. The molecule has 0 aliphatic carbocycles. The SMILES string of the molecule is CCc1cccc(NC(=O)c2c(O)cccc2O)c1. The van der Waals surface area contributed by atoms with Gasteiger partial charge in [0.1, 0.15) is 17.1 Å². The van der Waals surface area contributed by atoms with E-state index in [1.54, 1.807) is 6.07 Å². The van der Waals surface area contributed by atoms with Crippen LogP contribution in [0.25, 0.3) is 0 Å². The Morgan fingerprint density at radius 3 is 2.37 bits per heavy atom. The van der Waals surface area contributed by atoms with E-state index in [-0.39, 0.29) is 17.1 Å². The minimum absolute atomic E-state index is 0.121. The van der Waals surface area contributed by atoms with Gasteiger partial charge in [-0.3, -0.25) is 4.79 Å². The maximum atomic E-state index is 12.0. The van der Waals surface area contributed by atoms with Crippen LogP contribution in [0.15, 0.2) is 42.5 Å². The molecule has 0 aliphatic heterocycles. The van der Waals surface area contributed by atoms with Gasteiger partial charge in [0.2, 0.25) is 0 Å². The van der Waals surface area contributed by atoms with Crippen molar-refractivity contribution >= 4 is 11.6 Å². The highest BCUT2D eigenvalue weighted by atomic mass is 16.3. The topological polar surface area (TPSA) is 69.6 Å². The zero-order chi connectivity index (χ0) is 13.8. The molecule has 0 radical (unpaired) electrons. The highest BCUT2D eigenvalue weighted by Crippen LogP contribution is 2.27. The Bertz CT molecular complexity index is 588. The third-order valence-corrected chi connectivity index (χ3v) is 2.84. The number of phenols is 2. The number of aryl methyl sites for hydroxylation is 1. The smallest absolute Gasteiger partial charge is 0.263 e. The fourth-order valence-corrected chi connectivity index (χ4v) is 1.82. The quantitative estimate of drug-likeness (QED) is 0.791. The fraction of sp³-hybridized carbons (Fsp3) is 0.133. The summed E-state index contributed by atoms with van der Waals surface area (Å²) < 4.78 is 0. The van der Waals surface area contributed by atoms with E-state index in [1.165, 1.54) is 18.2 Å². The number of carbonyl (C=O) groups is 1. The van der Waals surface area contributed by atoms with Crippen molar-refractivity contribution in [2.24, 2.45) is 0 Å². The number of phenolic OH excluding ortho intramolecular Hbond substituents is 2. The van der Waals surface area contributed by atoms with Crippen molar-refractivity contribution in [1.82, 2.24) is 0 Å². The Labute approximate surface area is 111 Å². The first-order valence-corrected chi connectivity index (χ1v) is 6.03. The molecule has 1 amide bonds. The molecular formula is C15H15NO3. The lowest BCUT2D eigenvalue weighted by Gasteiger charge is -2.09. The van der Waals surface area contributed by atoms with Crippen molar-refractivity contribution in [2.75, 3.05) is 5.32 Å². The molecule has 3 N–H and O–H groups in total. The lowest BCUT2D eigenvalue weighted by Crippen LogP contribution is -2.12. The largest absolute Gasteiger partial charge is 0.507 e. The van der Waals surface area contributed by atoms with E-state index < -0.39 is 5.91 Å². The van der Waals surface area contributed by atoms with Crippen molar-refractivity contribution in [3.05, 3.63) is 53.6 Å². The standard InChI is InChI=1S/C15H15NO3/c1-2-10-5-3-6-11(9-10)16-15(19)14-12(17)7-4-8-13(14)18/h3-9,17-18H,2H2,1H3,(H,16,19). The lowest BCUT2D eigenvalue weighted by molar-refractivity contribution is 0.102.